The highest BCUT2D eigenvalue weighted by atomic mass is 16.1. The Bertz CT molecular complexity index is 564. The third kappa shape index (κ3) is 3.65. The van der Waals surface area contributed by atoms with Crippen molar-refractivity contribution in [3.8, 4) is 11.1 Å². The van der Waals surface area contributed by atoms with Crippen LogP contribution in [0.5, 0.6) is 0 Å². The van der Waals surface area contributed by atoms with E-state index in [-0.39, 0.29) is 0 Å². The molecule has 4 heteroatoms. The molecule has 1 aromatic heterocycles. The van der Waals surface area contributed by atoms with E-state index in [1.807, 2.05) is 50.5 Å². The zero-order valence-corrected chi connectivity index (χ0v) is 11.8. The van der Waals surface area contributed by atoms with E-state index in [1.165, 1.54) is 0 Å². The largest absolute Gasteiger partial charge is 0.369 e. The normalized spacial score (nSPS) is 10.6. The summed E-state index contributed by atoms with van der Waals surface area (Å²) in [6.45, 7) is 1.81. The highest BCUT2D eigenvalue weighted by Gasteiger charge is 2.04. The van der Waals surface area contributed by atoms with Gasteiger partial charge in [-0.05, 0) is 31.8 Å². The quantitative estimate of drug-likeness (QED) is 0.819. The summed E-state index contributed by atoms with van der Waals surface area (Å²) >= 11 is 0. The molecule has 0 bridgehead atoms. The van der Waals surface area contributed by atoms with Gasteiger partial charge in [-0.2, -0.15) is 0 Å². The number of benzene rings is 1. The number of anilines is 1. The molecule has 0 unspecified atom stereocenters. The first kappa shape index (κ1) is 14.2. The van der Waals surface area contributed by atoms with Crippen LogP contribution in [0.15, 0.2) is 42.6 Å². The number of aldehydes is 1. The lowest BCUT2D eigenvalue weighted by Crippen LogP contribution is -2.21. The molecule has 0 radical (unpaired) electrons. The molecule has 4 nitrogen and oxygen atoms in total. The van der Waals surface area contributed by atoms with E-state index in [2.05, 4.69) is 15.2 Å². The Morgan fingerprint density at radius 3 is 2.65 bits per heavy atom. The first-order valence-corrected chi connectivity index (χ1v) is 6.60. The lowest BCUT2D eigenvalue weighted by molar-refractivity contribution is 0.112. The molecular formula is C16H19N3O. The molecule has 0 fully saturated rings. The van der Waals surface area contributed by atoms with Gasteiger partial charge in [0, 0.05) is 30.4 Å². The molecule has 0 aliphatic carbocycles. The molecule has 0 saturated carbocycles. The van der Waals surface area contributed by atoms with Gasteiger partial charge < -0.3 is 10.2 Å². The fourth-order valence-corrected chi connectivity index (χ4v) is 1.93. The summed E-state index contributed by atoms with van der Waals surface area (Å²) in [5.41, 5.74) is 2.54. The van der Waals surface area contributed by atoms with Crippen LogP contribution in [-0.2, 0) is 0 Å². The smallest absolute Gasteiger partial charge is 0.150 e. The maximum Gasteiger partial charge on any atom is 0.150 e. The van der Waals surface area contributed by atoms with Crippen LogP contribution in [0.1, 0.15) is 10.4 Å². The van der Waals surface area contributed by atoms with Crippen molar-refractivity contribution in [1.82, 2.24) is 9.88 Å². The van der Waals surface area contributed by atoms with Gasteiger partial charge in [-0.15, -0.1) is 0 Å². The fourth-order valence-electron chi connectivity index (χ4n) is 1.93. The monoisotopic (exact) mass is 269 g/mol. The van der Waals surface area contributed by atoms with Crippen LogP contribution in [0, 0.1) is 0 Å². The molecule has 104 valence electrons. The van der Waals surface area contributed by atoms with Gasteiger partial charge in [0.1, 0.15) is 5.82 Å². The number of likely N-dealkylation sites (N-methyl/N-ethyl adjacent to an activating group) is 1. The topological polar surface area (TPSA) is 45.2 Å². The second-order valence-electron chi connectivity index (χ2n) is 4.87. The molecule has 0 saturated heterocycles. The van der Waals surface area contributed by atoms with E-state index < -0.39 is 0 Å². The van der Waals surface area contributed by atoms with Gasteiger partial charge in [-0.25, -0.2) is 4.98 Å². The Morgan fingerprint density at radius 1 is 1.20 bits per heavy atom. The summed E-state index contributed by atoms with van der Waals surface area (Å²) in [6.07, 6.45) is 2.67. The predicted octanol–water partition coefficient (Wildman–Crippen LogP) is 2.53. The summed E-state index contributed by atoms with van der Waals surface area (Å²) in [4.78, 5) is 17.5. The summed E-state index contributed by atoms with van der Waals surface area (Å²) in [5, 5.41) is 3.26. The van der Waals surface area contributed by atoms with Gasteiger partial charge in [-0.1, -0.05) is 24.3 Å². The molecular weight excluding hydrogens is 250 g/mol. The lowest BCUT2D eigenvalue weighted by Gasteiger charge is -2.11. The summed E-state index contributed by atoms with van der Waals surface area (Å²) in [6, 6.07) is 11.4. The number of rotatable bonds is 6. The number of pyridine rings is 1. The standard InChI is InChI=1S/C16H19N3O/c1-19(2)10-9-17-16-8-7-13(11-18-16)15-6-4-3-5-14(15)12-20/h3-8,11-12H,9-10H2,1-2H3,(H,17,18). The number of nitrogens with zero attached hydrogens (tertiary/aromatic N) is 2. The maximum atomic E-state index is 11.0. The summed E-state index contributed by atoms with van der Waals surface area (Å²) < 4.78 is 0. The Morgan fingerprint density at radius 2 is 2.00 bits per heavy atom. The highest BCUT2D eigenvalue weighted by Crippen LogP contribution is 2.22. The second-order valence-corrected chi connectivity index (χ2v) is 4.87. The molecule has 0 aliphatic rings. The van der Waals surface area contributed by atoms with E-state index in [1.54, 1.807) is 6.20 Å². The Balaban J connectivity index is 2.10. The second kappa shape index (κ2) is 6.82. The van der Waals surface area contributed by atoms with Crippen molar-refractivity contribution < 1.29 is 4.79 Å². The van der Waals surface area contributed by atoms with Crippen LogP contribution >= 0.6 is 0 Å². The fraction of sp³-hybridized carbons (Fsp3) is 0.250. The first-order valence-electron chi connectivity index (χ1n) is 6.60. The molecule has 2 aromatic rings. The minimum absolute atomic E-state index is 0.683. The van der Waals surface area contributed by atoms with Gasteiger partial charge in [0.15, 0.2) is 6.29 Å². The van der Waals surface area contributed by atoms with Crippen LogP contribution in [-0.4, -0.2) is 43.4 Å². The summed E-state index contributed by atoms with van der Waals surface area (Å²) in [7, 11) is 4.07. The zero-order valence-electron chi connectivity index (χ0n) is 11.8. The Hall–Kier alpha value is -2.20. The molecule has 0 atom stereocenters. The van der Waals surface area contributed by atoms with Crippen molar-refractivity contribution >= 4 is 12.1 Å². The number of carbonyl (C=O) groups is 1. The molecule has 0 amide bonds. The van der Waals surface area contributed by atoms with E-state index in [9.17, 15) is 4.79 Å². The molecule has 20 heavy (non-hydrogen) atoms. The number of carbonyl (C=O) groups excluding carboxylic acids is 1. The van der Waals surface area contributed by atoms with Crippen LogP contribution < -0.4 is 5.32 Å². The minimum atomic E-state index is 0.683. The van der Waals surface area contributed by atoms with Crippen LogP contribution in [0.4, 0.5) is 5.82 Å². The summed E-state index contributed by atoms with van der Waals surface area (Å²) in [5.74, 6) is 0.846. The average molecular weight is 269 g/mol. The molecule has 2 rings (SSSR count). The first-order chi connectivity index (χ1) is 9.70. The van der Waals surface area contributed by atoms with E-state index in [0.29, 0.717) is 5.56 Å². The number of nitrogens with one attached hydrogen (secondary N) is 1. The van der Waals surface area contributed by atoms with Crippen molar-refractivity contribution in [2.75, 3.05) is 32.5 Å². The van der Waals surface area contributed by atoms with Crippen molar-refractivity contribution in [3.63, 3.8) is 0 Å². The van der Waals surface area contributed by atoms with Crippen molar-refractivity contribution in [3.05, 3.63) is 48.2 Å². The SMILES string of the molecule is CN(C)CCNc1ccc(-c2ccccc2C=O)cn1. The third-order valence-corrected chi connectivity index (χ3v) is 3.03. The molecule has 0 aliphatic heterocycles. The van der Waals surface area contributed by atoms with E-state index >= 15 is 0 Å². The molecule has 1 N–H and O–H groups in total. The lowest BCUT2D eigenvalue weighted by atomic mass is 10.0. The van der Waals surface area contributed by atoms with Crippen molar-refractivity contribution in [2.45, 2.75) is 0 Å². The minimum Gasteiger partial charge on any atom is -0.369 e. The maximum absolute atomic E-state index is 11.0. The van der Waals surface area contributed by atoms with Crippen molar-refractivity contribution in [2.24, 2.45) is 0 Å². The van der Waals surface area contributed by atoms with Gasteiger partial charge in [-0.3, -0.25) is 4.79 Å². The highest BCUT2D eigenvalue weighted by molar-refractivity contribution is 5.87. The van der Waals surface area contributed by atoms with Crippen LogP contribution in [0.25, 0.3) is 11.1 Å². The third-order valence-electron chi connectivity index (χ3n) is 3.03. The Labute approximate surface area is 119 Å². The van der Waals surface area contributed by atoms with Gasteiger partial charge in [0.25, 0.3) is 0 Å². The Kier molecular flexibility index (Phi) is 4.85. The van der Waals surface area contributed by atoms with Gasteiger partial charge >= 0.3 is 0 Å². The molecule has 0 spiro atoms. The number of hydrogen-bond acceptors (Lipinski definition) is 4. The number of hydrogen-bond donors (Lipinski definition) is 1. The average Bonchev–Trinajstić information content (AvgIpc) is 2.47. The molecule has 1 heterocycles. The van der Waals surface area contributed by atoms with Crippen LogP contribution in [0.2, 0.25) is 0 Å². The van der Waals surface area contributed by atoms with Gasteiger partial charge in [0.05, 0.1) is 0 Å². The van der Waals surface area contributed by atoms with Crippen molar-refractivity contribution in [1.29, 1.82) is 0 Å². The zero-order chi connectivity index (χ0) is 14.4. The van der Waals surface area contributed by atoms with E-state index in [4.69, 9.17) is 0 Å². The molecule has 1 aromatic carbocycles. The van der Waals surface area contributed by atoms with E-state index in [0.717, 1.165) is 36.3 Å². The number of aromatic nitrogens is 1. The van der Waals surface area contributed by atoms with Gasteiger partial charge in [0.2, 0.25) is 0 Å². The predicted molar refractivity (Wildman–Crippen MR) is 82.1 cm³/mol. The van der Waals surface area contributed by atoms with Crippen LogP contribution in [0.3, 0.4) is 0 Å².